The molecule has 8 heteroatoms. The molecule has 3 heterocycles. The standard InChI is InChI=1S/C26H24N4O3S/c1-27-26(32)18-8-5-9-19(14-18)28-23(21-15-30-11-12-33-16-22(30)29-21)24(31)20-10-13-34-25(20)17-6-3-2-4-7-17/h2-10,13-15,23,28H,11-12,16H2,1H3,(H,27,32). The second-order valence-electron chi connectivity index (χ2n) is 7.96. The first-order valence-electron chi connectivity index (χ1n) is 11.0. The minimum absolute atomic E-state index is 0.0817. The summed E-state index contributed by atoms with van der Waals surface area (Å²) >= 11 is 1.54. The van der Waals surface area contributed by atoms with Crippen molar-refractivity contribution in [2.75, 3.05) is 19.0 Å². The number of nitrogens with one attached hydrogen (secondary N) is 2. The summed E-state index contributed by atoms with van der Waals surface area (Å²) in [6.45, 7) is 1.73. The number of hydrogen-bond donors (Lipinski definition) is 2. The van der Waals surface area contributed by atoms with E-state index in [0.29, 0.717) is 42.3 Å². The van der Waals surface area contributed by atoms with E-state index in [4.69, 9.17) is 9.72 Å². The van der Waals surface area contributed by atoms with Crippen LogP contribution in [0, 0.1) is 0 Å². The molecule has 2 N–H and O–H groups in total. The number of aromatic nitrogens is 2. The summed E-state index contributed by atoms with van der Waals surface area (Å²) < 4.78 is 7.58. The zero-order chi connectivity index (χ0) is 23.5. The fourth-order valence-electron chi connectivity index (χ4n) is 4.06. The predicted molar refractivity (Wildman–Crippen MR) is 132 cm³/mol. The van der Waals surface area contributed by atoms with E-state index < -0.39 is 6.04 Å². The maximum Gasteiger partial charge on any atom is 0.251 e. The Hall–Kier alpha value is -3.75. The van der Waals surface area contributed by atoms with Crippen molar-refractivity contribution in [2.45, 2.75) is 19.2 Å². The van der Waals surface area contributed by atoms with Gasteiger partial charge in [-0.1, -0.05) is 36.4 Å². The van der Waals surface area contributed by atoms with Crippen molar-refractivity contribution in [1.82, 2.24) is 14.9 Å². The van der Waals surface area contributed by atoms with Crippen LogP contribution in [0.3, 0.4) is 0 Å². The summed E-state index contributed by atoms with van der Waals surface area (Å²) in [4.78, 5) is 31.8. The number of nitrogens with zero attached hydrogens (tertiary/aromatic N) is 2. The molecule has 1 unspecified atom stereocenters. The van der Waals surface area contributed by atoms with Gasteiger partial charge in [-0.05, 0) is 35.2 Å². The molecule has 4 aromatic rings. The number of carbonyl (C=O) groups is 2. The van der Waals surface area contributed by atoms with Gasteiger partial charge in [0.2, 0.25) is 0 Å². The number of thiophene rings is 1. The van der Waals surface area contributed by atoms with Crippen LogP contribution in [0.1, 0.15) is 38.3 Å². The molecule has 1 aliphatic heterocycles. The Morgan fingerprint density at radius 3 is 2.76 bits per heavy atom. The van der Waals surface area contributed by atoms with Crippen molar-refractivity contribution in [3.63, 3.8) is 0 Å². The molecule has 0 saturated carbocycles. The number of Topliss-reactive ketones (excluding diaryl/α,β-unsaturated/α-hetero) is 1. The summed E-state index contributed by atoms with van der Waals surface area (Å²) in [5.41, 5.74) is 3.44. The van der Waals surface area contributed by atoms with E-state index in [1.165, 1.54) is 11.3 Å². The van der Waals surface area contributed by atoms with Crippen LogP contribution in [0.4, 0.5) is 5.69 Å². The molecule has 0 aliphatic carbocycles. The first-order valence-corrected chi connectivity index (χ1v) is 11.9. The van der Waals surface area contributed by atoms with Crippen LogP contribution < -0.4 is 10.6 Å². The Labute approximate surface area is 201 Å². The van der Waals surface area contributed by atoms with Gasteiger partial charge in [0.05, 0.1) is 12.3 Å². The van der Waals surface area contributed by atoms with Gasteiger partial charge in [-0.25, -0.2) is 4.98 Å². The van der Waals surface area contributed by atoms with Crippen molar-refractivity contribution in [3.05, 3.63) is 94.9 Å². The molecule has 1 amide bonds. The van der Waals surface area contributed by atoms with Gasteiger partial charge in [-0.3, -0.25) is 9.59 Å². The molecule has 0 fully saturated rings. The summed E-state index contributed by atoms with van der Waals surface area (Å²) in [7, 11) is 1.59. The second-order valence-corrected chi connectivity index (χ2v) is 8.88. The highest BCUT2D eigenvalue weighted by Crippen LogP contribution is 2.34. The lowest BCUT2D eigenvalue weighted by Gasteiger charge is -2.18. The Bertz CT molecular complexity index is 1310. The molecule has 0 spiro atoms. The molecule has 2 aromatic carbocycles. The molecule has 34 heavy (non-hydrogen) atoms. The molecular formula is C26H24N4O3S. The third-order valence-corrected chi connectivity index (χ3v) is 6.74. The summed E-state index contributed by atoms with van der Waals surface area (Å²) in [5, 5.41) is 7.92. The van der Waals surface area contributed by atoms with E-state index in [2.05, 4.69) is 10.6 Å². The van der Waals surface area contributed by atoms with Crippen LogP contribution >= 0.6 is 11.3 Å². The summed E-state index contributed by atoms with van der Waals surface area (Å²) in [6, 6.07) is 18.1. The van der Waals surface area contributed by atoms with Gasteiger partial charge in [0.15, 0.2) is 5.78 Å². The molecule has 2 aromatic heterocycles. The maximum absolute atomic E-state index is 14.0. The Morgan fingerprint density at radius 2 is 1.97 bits per heavy atom. The fourth-order valence-corrected chi connectivity index (χ4v) is 4.97. The SMILES string of the molecule is CNC(=O)c1cccc(NC(C(=O)c2ccsc2-c2ccccc2)c2cn3c(n2)COCC3)c1. The number of hydrogen-bond acceptors (Lipinski definition) is 6. The first kappa shape index (κ1) is 22.1. The quantitative estimate of drug-likeness (QED) is 0.386. The molecule has 1 atom stereocenters. The molecule has 7 nitrogen and oxygen atoms in total. The minimum Gasteiger partial charge on any atom is -0.372 e. The Balaban J connectivity index is 1.54. The lowest BCUT2D eigenvalue weighted by molar-refractivity contribution is 0.0816. The van der Waals surface area contributed by atoms with Gasteiger partial charge < -0.3 is 19.9 Å². The fraction of sp³-hybridized carbons (Fsp3) is 0.192. The van der Waals surface area contributed by atoms with Gasteiger partial charge in [0.25, 0.3) is 5.91 Å². The van der Waals surface area contributed by atoms with Gasteiger partial charge in [0, 0.05) is 41.5 Å². The molecule has 0 saturated heterocycles. The number of fused-ring (bicyclic) bond motifs is 1. The van der Waals surface area contributed by atoms with Crippen molar-refractivity contribution < 1.29 is 14.3 Å². The highest BCUT2D eigenvalue weighted by atomic mass is 32.1. The topological polar surface area (TPSA) is 85.3 Å². The predicted octanol–water partition coefficient (Wildman–Crippen LogP) is 4.54. The highest BCUT2D eigenvalue weighted by Gasteiger charge is 2.29. The normalized spacial score (nSPS) is 13.7. The van der Waals surface area contributed by atoms with Gasteiger partial charge >= 0.3 is 0 Å². The number of rotatable bonds is 7. The van der Waals surface area contributed by atoms with Crippen LogP contribution in [-0.4, -0.2) is 34.9 Å². The highest BCUT2D eigenvalue weighted by molar-refractivity contribution is 7.14. The minimum atomic E-state index is -0.727. The number of benzene rings is 2. The zero-order valence-electron chi connectivity index (χ0n) is 18.7. The average molecular weight is 473 g/mol. The van der Waals surface area contributed by atoms with Gasteiger partial charge in [-0.2, -0.15) is 0 Å². The number of ether oxygens (including phenoxy) is 1. The summed E-state index contributed by atoms with van der Waals surface area (Å²) in [6.07, 6.45) is 1.92. The second kappa shape index (κ2) is 9.62. The van der Waals surface area contributed by atoms with Crippen molar-refractivity contribution in [3.8, 4) is 10.4 Å². The van der Waals surface area contributed by atoms with Gasteiger partial charge in [-0.15, -0.1) is 11.3 Å². The van der Waals surface area contributed by atoms with Crippen molar-refractivity contribution in [1.29, 1.82) is 0 Å². The molecule has 0 radical (unpaired) electrons. The molecule has 5 rings (SSSR count). The smallest absolute Gasteiger partial charge is 0.251 e. The van der Waals surface area contributed by atoms with E-state index in [9.17, 15) is 9.59 Å². The molecule has 1 aliphatic rings. The monoisotopic (exact) mass is 472 g/mol. The largest absolute Gasteiger partial charge is 0.372 e. The van der Waals surface area contributed by atoms with Gasteiger partial charge in [0.1, 0.15) is 18.5 Å². The van der Waals surface area contributed by atoms with E-state index in [1.807, 2.05) is 58.6 Å². The first-order chi connectivity index (χ1) is 16.6. The maximum atomic E-state index is 14.0. The van der Waals surface area contributed by atoms with Crippen LogP contribution in [0.2, 0.25) is 0 Å². The van der Waals surface area contributed by atoms with Crippen molar-refractivity contribution >= 4 is 28.7 Å². The summed E-state index contributed by atoms with van der Waals surface area (Å²) in [5.74, 6) is 0.528. The number of anilines is 1. The van der Waals surface area contributed by atoms with E-state index in [-0.39, 0.29) is 11.7 Å². The number of carbonyl (C=O) groups excluding carboxylic acids is 2. The zero-order valence-corrected chi connectivity index (χ0v) is 19.5. The third kappa shape index (κ3) is 4.37. The lowest BCUT2D eigenvalue weighted by Crippen LogP contribution is -2.23. The lowest BCUT2D eigenvalue weighted by atomic mass is 9.99. The van der Waals surface area contributed by atoms with E-state index in [0.717, 1.165) is 16.3 Å². The van der Waals surface area contributed by atoms with Crippen LogP contribution in [0.15, 0.2) is 72.2 Å². The molecule has 0 bridgehead atoms. The van der Waals surface area contributed by atoms with Crippen LogP contribution in [0.25, 0.3) is 10.4 Å². The third-order valence-electron chi connectivity index (χ3n) is 5.77. The number of imidazole rings is 1. The molecular weight excluding hydrogens is 448 g/mol. The van der Waals surface area contributed by atoms with E-state index >= 15 is 0 Å². The Morgan fingerprint density at radius 1 is 1.12 bits per heavy atom. The average Bonchev–Trinajstić information content (AvgIpc) is 3.54. The Kier molecular flexibility index (Phi) is 6.24. The number of ketones is 1. The molecule has 172 valence electrons. The van der Waals surface area contributed by atoms with Crippen LogP contribution in [0.5, 0.6) is 0 Å². The van der Waals surface area contributed by atoms with Crippen molar-refractivity contribution in [2.24, 2.45) is 0 Å². The van der Waals surface area contributed by atoms with Crippen LogP contribution in [-0.2, 0) is 17.9 Å². The number of amides is 1. The van der Waals surface area contributed by atoms with E-state index in [1.54, 1.807) is 25.2 Å².